The van der Waals surface area contributed by atoms with E-state index >= 15 is 0 Å². The van der Waals surface area contributed by atoms with Gasteiger partial charge in [0, 0.05) is 11.4 Å². The van der Waals surface area contributed by atoms with E-state index in [2.05, 4.69) is 25.3 Å². The van der Waals surface area contributed by atoms with Crippen molar-refractivity contribution in [1.82, 2.24) is 24.9 Å². The summed E-state index contributed by atoms with van der Waals surface area (Å²) in [7, 11) is 0. The summed E-state index contributed by atoms with van der Waals surface area (Å²) >= 11 is 0. The van der Waals surface area contributed by atoms with Gasteiger partial charge in [-0.25, -0.2) is 19.6 Å². The number of aryl methyl sites for hydroxylation is 2. The first-order valence-electron chi connectivity index (χ1n) is 4.83. The zero-order valence-corrected chi connectivity index (χ0v) is 9.24. The molecular weight excluding hydrogens is 224 g/mol. The highest BCUT2D eigenvalue weighted by Crippen LogP contribution is 2.06. The van der Waals surface area contributed by atoms with Gasteiger partial charge in [-0.1, -0.05) is 0 Å². The summed E-state index contributed by atoms with van der Waals surface area (Å²) in [5.74, 6) is 0.278. The molecule has 0 unspecified atom stereocenters. The van der Waals surface area contributed by atoms with Crippen LogP contribution < -0.4 is 16.7 Å². The van der Waals surface area contributed by atoms with Gasteiger partial charge in [-0.05, 0) is 19.9 Å². The highest BCUT2D eigenvalue weighted by atomic mass is 16.2. The summed E-state index contributed by atoms with van der Waals surface area (Å²) in [5.41, 5.74) is 0.164. The molecule has 0 spiro atoms. The molecule has 88 valence electrons. The fourth-order valence-electron chi connectivity index (χ4n) is 1.34. The smallest absolute Gasteiger partial charge is 0.294 e. The maximum atomic E-state index is 11.0. The average Bonchev–Trinajstić information content (AvgIpc) is 2.13. The number of aromatic amines is 2. The lowest BCUT2D eigenvalue weighted by Gasteiger charge is -2.04. The summed E-state index contributed by atoms with van der Waals surface area (Å²) in [6.07, 6.45) is 0. The van der Waals surface area contributed by atoms with Crippen LogP contribution in [0.5, 0.6) is 0 Å². The van der Waals surface area contributed by atoms with Gasteiger partial charge in [0.15, 0.2) is 0 Å². The Hall–Kier alpha value is -2.51. The normalized spacial score (nSPS) is 10.2. The van der Waals surface area contributed by atoms with Gasteiger partial charge >= 0.3 is 11.4 Å². The fourth-order valence-corrected chi connectivity index (χ4v) is 1.34. The van der Waals surface area contributed by atoms with E-state index < -0.39 is 11.4 Å². The SMILES string of the molecule is Cc1cc(C)nc(Nc2nc(=O)[nH]c(=O)[nH]2)n1. The van der Waals surface area contributed by atoms with Crippen LogP contribution in [-0.2, 0) is 0 Å². The Morgan fingerprint density at radius 2 is 1.71 bits per heavy atom. The Labute approximate surface area is 95.2 Å². The van der Waals surface area contributed by atoms with Crippen LogP contribution in [0.3, 0.4) is 0 Å². The molecule has 0 aromatic carbocycles. The van der Waals surface area contributed by atoms with Crippen LogP contribution in [0, 0.1) is 13.8 Å². The molecule has 0 radical (unpaired) electrons. The van der Waals surface area contributed by atoms with Crippen LogP contribution in [-0.4, -0.2) is 24.9 Å². The van der Waals surface area contributed by atoms with Crippen LogP contribution in [0.25, 0.3) is 0 Å². The van der Waals surface area contributed by atoms with Crippen LogP contribution in [0.1, 0.15) is 11.4 Å². The van der Waals surface area contributed by atoms with Crippen molar-refractivity contribution in [2.75, 3.05) is 5.32 Å². The van der Waals surface area contributed by atoms with Crippen molar-refractivity contribution in [3.8, 4) is 0 Å². The maximum absolute atomic E-state index is 11.0. The van der Waals surface area contributed by atoms with E-state index in [1.54, 1.807) is 6.07 Å². The highest BCUT2D eigenvalue weighted by molar-refractivity contribution is 5.41. The molecule has 17 heavy (non-hydrogen) atoms. The molecule has 0 atom stereocenters. The first-order valence-corrected chi connectivity index (χ1v) is 4.83. The number of H-pyrrole nitrogens is 2. The van der Waals surface area contributed by atoms with Gasteiger partial charge in [0.05, 0.1) is 0 Å². The molecule has 0 aliphatic carbocycles. The molecule has 0 aliphatic rings. The third-order valence-corrected chi connectivity index (χ3v) is 1.88. The largest absolute Gasteiger partial charge is 0.352 e. The third-order valence-electron chi connectivity index (χ3n) is 1.88. The second-order valence-corrected chi connectivity index (χ2v) is 3.44. The Morgan fingerprint density at radius 3 is 2.29 bits per heavy atom. The molecule has 8 nitrogen and oxygen atoms in total. The Bertz CT molecular complexity index is 611. The van der Waals surface area contributed by atoms with Gasteiger partial charge in [0.25, 0.3) is 0 Å². The monoisotopic (exact) mass is 234 g/mol. The summed E-state index contributed by atoms with van der Waals surface area (Å²) in [4.78, 5) is 38.0. The third kappa shape index (κ3) is 2.74. The Balaban J connectivity index is 2.37. The lowest BCUT2D eigenvalue weighted by Crippen LogP contribution is -2.26. The number of rotatable bonds is 2. The molecule has 8 heteroatoms. The molecule has 0 aliphatic heterocycles. The summed E-state index contributed by atoms with van der Waals surface area (Å²) in [6, 6.07) is 1.80. The minimum atomic E-state index is -0.736. The molecule has 0 fully saturated rings. The van der Waals surface area contributed by atoms with Gasteiger partial charge in [-0.15, -0.1) is 0 Å². The topological polar surface area (TPSA) is 116 Å². The van der Waals surface area contributed by atoms with Gasteiger partial charge in [-0.3, -0.25) is 15.3 Å². The number of hydrogen-bond donors (Lipinski definition) is 3. The van der Waals surface area contributed by atoms with E-state index in [1.807, 2.05) is 18.8 Å². The molecule has 0 saturated heterocycles. The Morgan fingerprint density at radius 1 is 1.06 bits per heavy atom. The van der Waals surface area contributed by atoms with Crippen molar-refractivity contribution < 1.29 is 0 Å². The molecule has 2 aromatic heterocycles. The fraction of sp³-hybridized carbons (Fsp3) is 0.222. The molecule has 2 aromatic rings. The first-order chi connectivity index (χ1) is 8.02. The highest BCUT2D eigenvalue weighted by Gasteiger charge is 2.03. The lowest BCUT2D eigenvalue weighted by atomic mass is 10.4. The van der Waals surface area contributed by atoms with Crippen LogP contribution >= 0.6 is 0 Å². The summed E-state index contributed by atoms with van der Waals surface area (Å²) in [6.45, 7) is 3.63. The van der Waals surface area contributed by atoms with Crippen LogP contribution in [0.2, 0.25) is 0 Å². The average molecular weight is 234 g/mol. The first kappa shape index (κ1) is 11.0. The molecule has 2 heterocycles. The maximum Gasteiger partial charge on any atom is 0.352 e. The van der Waals surface area contributed by atoms with Gasteiger partial charge in [-0.2, -0.15) is 4.98 Å². The molecule has 0 amide bonds. The van der Waals surface area contributed by atoms with Crippen molar-refractivity contribution in [1.29, 1.82) is 0 Å². The second kappa shape index (κ2) is 4.16. The predicted molar refractivity (Wildman–Crippen MR) is 60.3 cm³/mol. The van der Waals surface area contributed by atoms with Crippen molar-refractivity contribution in [2.24, 2.45) is 0 Å². The van der Waals surface area contributed by atoms with Gasteiger partial charge < -0.3 is 0 Å². The van der Waals surface area contributed by atoms with Crippen molar-refractivity contribution in [2.45, 2.75) is 13.8 Å². The standard InChI is InChI=1S/C9H10N6O2/c1-4-3-5(2)11-6(10-4)12-7-13-8(16)15-9(17)14-7/h3H,1-2H3,(H3,10,11,12,13,14,15,16,17). The van der Waals surface area contributed by atoms with E-state index in [1.165, 1.54) is 0 Å². The number of hydrogen-bond acceptors (Lipinski definition) is 6. The number of nitrogens with zero attached hydrogens (tertiary/aromatic N) is 3. The molecule has 3 N–H and O–H groups in total. The second-order valence-electron chi connectivity index (χ2n) is 3.44. The molecule has 0 saturated carbocycles. The van der Waals surface area contributed by atoms with Crippen LogP contribution in [0.15, 0.2) is 15.7 Å². The number of aromatic nitrogens is 5. The minimum Gasteiger partial charge on any atom is -0.294 e. The van der Waals surface area contributed by atoms with Crippen molar-refractivity contribution >= 4 is 11.9 Å². The van der Waals surface area contributed by atoms with Crippen LogP contribution in [0.4, 0.5) is 11.9 Å². The Kier molecular flexibility index (Phi) is 2.69. The van der Waals surface area contributed by atoms with E-state index in [0.717, 1.165) is 11.4 Å². The van der Waals surface area contributed by atoms with Crippen molar-refractivity contribution in [3.63, 3.8) is 0 Å². The number of anilines is 2. The quantitative estimate of drug-likeness (QED) is 0.651. The molecule has 0 bridgehead atoms. The zero-order valence-electron chi connectivity index (χ0n) is 9.24. The van der Waals surface area contributed by atoms with E-state index in [9.17, 15) is 9.59 Å². The predicted octanol–water partition coefficient (Wildman–Crippen LogP) is -0.391. The lowest BCUT2D eigenvalue weighted by molar-refractivity contribution is 0.933. The van der Waals surface area contributed by atoms with Gasteiger partial charge in [0.2, 0.25) is 11.9 Å². The number of nitrogens with one attached hydrogen (secondary N) is 3. The minimum absolute atomic E-state index is 0.00347. The molecule has 2 rings (SSSR count). The zero-order chi connectivity index (χ0) is 12.4. The summed E-state index contributed by atoms with van der Waals surface area (Å²) in [5, 5.41) is 2.66. The van der Waals surface area contributed by atoms with E-state index in [4.69, 9.17) is 0 Å². The van der Waals surface area contributed by atoms with E-state index in [0.29, 0.717) is 0 Å². The molecular formula is C9H10N6O2. The van der Waals surface area contributed by atoms with Gasteiger partial charge in [0.1, 0.15) is 0 Å². The van der Waals surface area contributed by atoms with Crippen molar-refractivity contribution in [3.05, 3.63) is 38.4 Å². The summed E-state index contributed by atoms with van der Waals surface area (Å²) < 4.78 is 0. The van der Waals surface area contributed by atoms with E-state index in [-0.39, 0.29) is 11.9 Å².